The van der Waals surface area contributed by atoms with Crippen LogP contribution in [0.2, 0.25) is 0 Å². The van der Waals surface area contributed by atoms with Crippen molar-refractivity contribution in [2.45, 2.75) is 62.8 Å². The zero-order chi connectivity index (χ0) is 32.5. The zero-order valence-corrected chi connectivity index (χ0v) is 24.4. The zero-order valence-electron chi connectivity index (χ0n) is 24.4. The van der Waals surface area contributed by atoms with Gasteiger partial charge in [0.05, 0.1) is 41.4 Å². The quantitative estimate of drug-likeness (QED) is 0.323. The maximum absolute atomic E-state index is 16.5. The number of rotatable bonds is 6. The first-order chi connectivity index (χ1) is 21.1. The van der Waals surface area contributed by atoms with Crippen LogP contribution in [0.15, 0.2) is 6.07 Å². The summed E-state index contributed by atoms with van der Waals surface area (Å²) in [4.78, 5) is 15.1. The molecule has 0 saturated carbocycles. The molecule has 5 heterocycles. The van der Waals surface area contributed by atoms with Crippen molar-refractivity contribution in [1.29, 1.82) is 0 Å². The number of halogens is 8. The van der Waals surface area contributed by atoms with Crippen LogP contribution in [0, 0.1) is 18.6 Å². The monoisotopic (exact) mass is 646 g/mol. The molecule has 0 aliphatic carbocycles. The highest BCUT2D eigenvalue weighted by Crippen LogP contribution is 2.47. The molecule has 2 atom stereocenters. The van der Waals surface area contributed by atoms with Crippen LogP contribution >= 0.6 is 0 Å². The Morgan fingerprint density at radius 2 is 1.80 bits per heavy atom. The molecule has 244 valence electrons. The minimum absolute atomic E-state index is 0.0114. The van der Waals surface area contributed by atoms with E-state index in [1.807, 2.05) is 4.90 Å². The second-order valence-corrected chi connectivity index (χ2v) is 11.9. The normalized spacial score (nSPS) is 23.5. The van der Waals surface area contributed by atoms with E-state index in [4.69, 9.17) is 15.2 Å². The van der Waals surface area contributed by atoms with Crippen LogP contribution in [0.3, 0.4) is 0 Å². The SMILES string of the molecule is COc1c(F)c(-c2nc(N)cc(C)c2C(F)(F)F)c(F)c2nc(OC[C@@]34CCCN3C[C@H](F)C4)nc(N3CCCC(F)(F)C3)c12. The molecular weight excluding hydrogens is 616 g/mol. The second-order valence-electron chi connectivity index (χ2n) is 11.9. The number of alkyl halides is 6. The highest BCUT2D eigenvalue weighted by Gasteiger charge is 2.49. The molecule has 3 aliphatic rings. The van der Waals surface area contributed by atoms with Gasteiger partial charge in [-0.15, -0.1) is 0 Å². The van der Waals surface area contributed by atoms with Crippen LogP contribution in [-0.4, -0.2) is 77.4 Å². The molecule has 3 saturated heterocycles. The van der Waals surface area contributed by atoms with Gasteiger partial charge in [-0.25, -0.2) is 26.9 Å². The molecule has 2 N–H and O–H groups in total. The van der Waals surface area contributed by atoms with Gasteiger partial charge in [-0.05, 0) is 44.4 Å². The Morgan fingerprint density at radius 1 is 1.07 bits per heavy atom. The first-order valence-electron chi connectivity index (χ1n) is 14.4. The fourth-order valence-corrected chi connectivity index (χ4v) is 6.96. The van der Waals surface area contributed by atoms with Crippen LogP contribution in [0.5, 0.6) is 11.8 Å². The Hall–Kier alpha value is -3.69. The predicted molar refractivity (Wildman–Crippen MR) is 148 cm³/mol. The van der Waals surface area contributed by atoms with E-state index in [1.165, 1.54) is 0 Å². The standard InChI is InChI=1S/C29H30F8N6O2/c1-14-9-16(38)39-22(19(14)29(35,36)37)17-20(31)23-18(24(44-2)21(17)32)25(42-7-4-6-28(33,34)12-42)41-26(40-23)45-13-27-5-3-8-43(27)11-15(30)10-27/h9,15H,3-8,10-13H2,1-2H3,(H2,38,39)/t15-,27+/m1/s1. The molecule has 2 aromatic heterocycles. The van der Waals surface area contributed by atoms with Crippen molar-refractivity contribution in [1.82, 2.24) is 19.9 Å². The molecule has 0 spiro atoms. The second kappa shape index (κ2) is 11.0. The van der Waals surface area contributed by atoms with Crippen molar-refractivity contribution in [2.24, 2.45) is 0 Å². The molecule has 3 aliphatic heterocycles. The molecule has 3 fully saturated rings. The van der Waals surface area contributed by atoms with Gasteiger partial charge in [-0.1, -0.05) is 0 Å². The molecule has 3 aromatic rings. The van der Waals surface area contributed by atoms with Gasteiger partial charge in [0.15, 0.2) is 17.4 Å². The first-order valence-corrected chi connectivity index (χ1v) is 14.4. The van der Waals surface area contributed by atoms with E-state index in [2.05, 4.69) is 15.0 Å². The van der Waals surface area contributed by atoms with E-state index in [0.717, 1.165) is 31.4 Å². The number of hydrogen-bond donors (Lipinski definition) is 1. The Labute approximate surface area is 252 Å². The fraction of sp³-hybridized carbons (Fsp3) is 0.552. The van der Waals surface area contributed by atoms with E-state index in [9.17, 15) is 26.3 Å². The summed E-state index contributed by atoms with van der Waals surface area (Å²) in [5.41, 5.74) is 0.0555. The van der Waals surface area contributed by atoms with Crippen LogP contribution in [0.4, 0.5) is 46.8 Å². The van der Waals surface area contributed by atoms with Gasteiger partial charge in [0.2, 0.25) is 0 Å². The average Bonchev–Trinajstić information content (AvgIpc) is 3.46. The van der Waals surface area contributed by atoms with E-state index in [1.54, 1.807) is 0 Å². The third-order valence-corrected chi connectivity index (χ3v) is 8.83. The third kappa shape index (κ3) is 5.44. The lowest BCUT2D eigenvalue weighted by atomic mass is 9.95. The molecular formula is C29H30F8N6O2. The molecule has 0 bridgehead atoms. The van der Waals surface area contributed by atoms with Gasteiger partial charge in [0.25, 0.3) is 5.92 Å². The van der Waals surface area contributed by atoms with Gasteiger partial charge in [0, 0.05) is 25.9 Å². The number of nitrogens with zero attached hydrogens (tertiary/aromatic N) is 5. The van der Waals surface area contributed by atoms with Crippen molar-refractivity contribution in [3.05, 3.63) is 28.8 Å². The van der Waals surface area contributed by atoms with Crippen molar-refractivity contribution >= 4 is 22.5 Å². The van der Waals surface area contributed by atoms with Crippen LogP contribution in [0.25, 0.3) is 22.2 Å². The number of ether oxygens (including phenoxy) is 2. The number of anilines is 2. The van der Waals surface area contributed by atoms with Crippen LogP contribution < -0.4 is 20.1 Å². The number of hydrogen-bond acceptors (Lipinski definition) is 8. The predicted octanol–water partition coefficient (Wildman–Crippen LogP) is 6.08. The summed E-state index contributed by atoms with van der Waals surface area (Å²) in [6.07, 6.45) is -5.05. The number of aromatic nitrogens is 3. The number of nitrogens with two attached hydrogens (primary N) is 1. The molecule has 1 aromatic carbocycles. The summed E-state index contributed by atoms with van der Waals surface area (Å²) in [5, 5.41) is -0.471. The van der Waals surface area contributed by atoms with E-state index in [-0.39, 0.29) is 38.4 Å². The van der Waals surface area contributed by atoms with Gasteiger partial charge >= 0.3 is 12.2 Å². The summed E-state index contributed by atoms with van der Waals surface area (Å²) >= 11 is 0. The first kappa shape index (κ1) is 31.3. The van der Waals surface area contributed by atoms with Crippen molar-refractivity contribution in [2.75, 3.05) is 50.5 Å². The minimum atomic E-state index is -5.09. The Bertz CT molecular complexity index is 1650. The van der Waals surface area contributed by atoms with Crippen molar-refractivity contribution < 1.29 is 44.6 Å². The summed E-state index contributed by atoms with van der Waals surface area (Å²) in [7, 11) is 0.989. The maximum Gasteiger partial charge on any atom is 0.418 e. The lowest BCUT2D eigenvalue weighted by Crippen LogP contribution is -2.44. The van der Waals surface area contributed by atoms with Crippen LogP contribution in [-0.2, 0) is 6.18 Å². The fourth-order valence-electron chi connectivity index (χ4n) is 6.96. The Balaban J connectivity index is 1.58. The minimum Gasteiger partial charge on any atom is -0.493 e. The summed E-state index contributed by atoms with van der Waals surface area (Å²) < 4.78 is 130. The number of piperidine rings is 1. The van der Waals surface area contributed by atoms with Crippen molar-refractivity contribution in [3.63, 3.8) is 0 Å². The summed E-state index contributed by atoms with van der Waals surface area (Å²) in [6, 6.07) is 0.418. The van der Waals surface area contributed by atoms with E-state index >= 15 is 8.78 Å². The molecule has 0 radical (unpaired) electrons. The number of benzene rings is 1. The largest absolute Gasteiger partial charge is 0.493 e. The average molecular weight is 647 g/mol. The number of aryl methyl sites for hydroxylation is 1. The van der Waals surface area contributed by atoms with Crippen LogP contribution in [0.1, 0.15) is 43.2 Å². The van der Waals surface area contributed by atoms with Gasteiger partial charge in [-0.3, -0.25) is 4.90 Å². The molecule has 0 unspecified atom stereocenters. The van der Waals surface area contributed by atoms with Gasteiger partial charge in [-0.2, -0.15) is 23.1 Å². The number of nitrogen functional groups attached to an aromatic ring is 1. The lowest BCUT2D eigenvalue weighted by Gasteiger charge is -2.34. The summed E-state index contributed by atoms with van der Waals surface area (Å²) in [6.45, 7) is 0.956. The Kier molecular flexibility index (Phi) is 7.64. The van der Waals surface area contributed by atoms with E-state index < -0.39 is 99.3 Å². The highest BCUT2D eigenvalue weighted by molar-refractivity contribution is 5.99. The van der Waals surface area contributed by atoms with Crippen molar-refractivity contribution in [3.8, 4) is 23.0 Å². The summed E-state index contributed by atoms with van der Waals surface area (Å²) in [5.74, 6) is -7.88. The molecule has 16 heteroatoms. The number of pyridine rings is 1. The molecule has 6 rings (SSSR count). The molecule has 0 amide bonds. The topological polar surface area (TPSA) is 89.6 Å². The maximum atomic E-state index is 16.5. The molecule has 8 nitrogen and oxygen atoms in total. The van der Waals surface area contributed by atoms with Gasteiger partial charge < -0.3 is 20.1 Å². The van der Waals surface area contributed by atoms with E-state index in [0.29, 0.717) is 13.0 Å². The highest BCUT2D eigenvalue weighted by atomic mass is 19.4. The lowest BCUT2D eigenvalue weighted by molar-refractivity contribution is -0.137. The number of methoxy groups -OCH3 is 1. The number of fused-ring (bicyclic) bond motifs is 2. The smallest absolute Gasteiger partial charge is 0.418 e. The Morgan fingerprint density at radius 3 is 2.49 bits per heavy atom. The van der Waals surface area contributed by atoms with Gasteiger partial charge in [0.1, 0.15) is 29.9 Å². The molecule has 45 heavy (non-hydrogen) atoms. The third-order valence-electron chi connectivity index (χ3n) is 8.83.